The number of nitrogens with zero attached hydrogens (tertiary/aromatic N) is 3. The number of nitrogens with one attached hydrogen (secondary N) is 1. The van der Waals surface area contributed by atoms with Gasteiger partial charge >= 0.3 is 0 Å². The number of carbonyl (C=O) groups excluding carboxylic acids is 3. The Balaban J connectivity index is 0.908. The van der Waals surface area contributed by atoms with Crippen LogP contribution in [0.15, 0.2) is 42.5 Å². The van der Waals surface area contributed by atoms with E-state index in [4.69, 9.17) is 18.9 Å². The minimum Gasteiger partial charge on any atom is -0.485 e. The highest BCUT2D eigenvalue weighted by atomic mass is 16.7. The first-order valence-corrected chi connectivity index (χ1v) is 16.7. The molecule has 0 aliphatic carbocycles. The van der Waals surface area contributed by atoms with Crippen molar-refractivity contribution >= 4 is 23.8 Å². The number of benzene rings is 2. The average Bonchev–Trinajstić information content (AvgIpc) is 3.43. The van der Waals surface area contributed by atoms with Gasteiger partial charge in [0.25, 0.3) is 5.91 Å². The summed E-state index contributed by atoms with van der Waals surface area (Å²) in [4.78, 5) is 43.3. The summed E-state index contributed by atoms with van der Waals surface area (Å²) in [5, 5.41) is 2.62. The molecule has 1 N–H and O–H groups in total. The Bertz CT molecular complexity index is 1430. The maximum Gasteiger partial charge on any atom is 0.255 e. The first-order valence-electron chi connectivity index (χ1n) is 16.7. The molecule has 5 heterocycles. The molecule has 0 unspecified atom stereocenters. The minimum absolute atomic E-state index is 0.199. The van der Waals surface area contributed by atoms with Crippen molar-refractivity contribution in [3.05, 3.63) is 53.6 Å². The molecule has 2 amide bonds. The van der Waals surface area contributed by atoms with E-state index in [2.05, 4.69) is 45.4 Å². The van der Waals surface area contributed by atoms with Crippen LogP contribution < -0.4 is 19.7 Å². The van der Waals surface area contributed by atoms with Crippen molar-refractivity contribution in [1.29, 1.82) is 0 Å². The Morgan fingerprint density at radius 3 is 2.46 bits per heavy atom. The molecule has 11 heteroatoms. The molecule has 5 aliphatic rings. The van der Waals surface area contributed by atoms with E-state index < -0.39 is 17.4 Å². The number of amides is 2. The third-order valence-corrected chi connectivity index (χ3v) is 10.4. The molecule has 3 saturated heterocycles. The lowest BCUT2D eigenvalue weighted by Gasteiger charge is -2.47. The summed E-state index contributed by atoms with van der Waals surface area (Å²) in [5.74, 6) is 0.616. The summed E-state index contributed by atoms with van der Waals surface area (Å²) < 4.78 is 25.8. The van der Waals surface area contributed by atoms with Gasteiger partial charge < -0.3 is 43.8 Å². The zero-order chi connectivity index (χ0) is 31.7. The van der Waals surface area contributed by atoms with Gasteiger partial charge in [-0.1, -0.05) is 18.2 Å². The quantitative estimate of drug-likeness (QED) is 0.440. The van der Waals surface area contributed by atoms with Gasteiger partial charge in [-0.3, -0.25) is 9.59 Å². The van der Waals surface area contributed by atoms with Gasteiger partial charge in [-0.2, -0.15) is 0 Å². The average molecular weight is 633 g/mol. The van der Waals surface area contributed by atoms with Crippen molar-refractivity contribution in [2.75, 3.05) is 64.5 Å². The molecule has 2 aromatic rings. The van der Waals surface area contributed by atoms with Crippen molar-refractivity contribution in [1.82, 2.24) is 15.1 Å². The second-order valence-electron chi connectivity index (χ2n) is 13.3. The number of rotatable bonds is 8. The molecule has 7 rings (SSSR count). The van der Waals surface area contributed by atoms with Crippen LogP contribution in [0.1, 0.15) is 54.4 Å². The van der Waals surface area contributed by atoms with Gasteiger partial charge in [0.05, 0.1) is 19.8 Å². The first kappa shape index (κ1) is 31.0. The van der Waals surface area contributed by atoms with E-state index in [1.54, 1.807) is 6.07 Å². The monoisotopic (exact) mass is 632 g/mol. The Morgan fingerprint density at radius 2 is 1.76 bits per heavy atom. The van der Waals surface area contributed by atoms with Crippen LogP contribution in [0.3, 0.4) is 0 Å². The Morgan fingerprint density at radius 1 is 1.02 bits per heavy atom. The first-order chi connectivity index (χ1) is 22.4. The molecule has 11 nitrogen and oxygen atoms in total. The standard InChI is InChI=1S/C35H44N4O7/c1-36-32(41)29(8-5-19-40)39-21-28-27(33(39)42)9-10-30-31(28)43-24-34(46-30)11-15-37(16-12-34)20-25-22-44-35(45-23-25)13-17-38(18-14-35)26-6-3-2-4-7-26/h2-4,6-7,9-10,19,25,29H,5,8,11-18,20-24H2,1H3,(H,36,41)/t29-/m0/s1. The highest BCUT2D eigenvalue weighted by Crippen LogP contribution is 2.46. The lowest BCUT2D eigenvalue weighted by molar-refractivity contribution is -0.292. The number of hydrogen-bond donors (Lipinski definition) is 1. The van der Waals surface area contributed by atoms with Crippen LogP contribution in [-0.2, 0) is 25.6 Å². The molecule has 246 valence electrons. The number of hydrogen-bond acceptors (Lipinski definition) is 9. The zero-order valence-corrected chi connectivity index (χ0v) is 26.6. The summed E-state index contributed by atoms with van der Waals surface area (Å²) in [6.07, 6.45) is 4.68. The molecule has 5 aliphatic heterocycles. The van der Waals surface area contributed by atoms with Gasteiger partial charge in [0.2, 0.25) is 5.91 Å². The van der Waals surface area contributed by atoms with E-state index in [9.17, 15) is 14.4 Å². The van der Waals surface area contributed by atoms with Crippen molar-refractivity contribution in [3.8, 4) is 11.5 Å². The number of piperidine rings is 2. The largest absolute Gasteiger partial charge is 0.485 e. The van der Waals surface area contributed by atoms with Crippen molar-refractivity contribution in [2.24, 2.45) is 5.92 Å². The predicted octanol–water partition coefficient (Wildman–Crippen LogP) is 3.00. The highest BCUT2D eigenvalue weighted by molar-refractivity contribution is 6.02. The molecule has 46 heavy (non-hydrogen) atoms. The molecular formula is C35H44N4O7. The van der Waals surface area contributed by atoms with Crippen LogP contribution in [0.2, 0.25) is 0 Å². The molecular weight excluding hydrogens is 588 g/mol. The topological polar surface area (TPSA) is 110 Å². The lowest BCUT2D eigenvalue weighted by atomic mass is 9.90. The Labute approximate surface area is 270 Å². The molecule has 3 fully saturated rings. The molecule has 0 aromatic heterocycles. The van der Waals surface area contributed by atoms with E-state index in [1.807, 2.05) is 6.07 Å². The van der Waals surface area contributed by atoms with Crippen LogP contribution >= 0.6 is 0 Å². The SMILES string of the molecule is CNC(=O)[C@H](CCC=O)N1Cc2c(ccc3c2OCC2(CCN(CC4COC5(CCN(c6ccccc6)CC5)OC4)CC2)O3)C1=O. The highest BCUT2D eigenvalue weighted by Gasteiger charge is 2.46. The fraction of sp³-hybridized carbons (Fsp3) is 0.571. The number of para-hydroxylation sites is 1. The fourth-order valence-corrected chi connectivity index (χ4v) is 7.66. The number of fused-ring (bicyclic) bond motifs is 3. The van der Waals surface area contributed by atoms with E-state index in [0.29, 0.717) is 29.6 Å². The van der Waals surface area contributed by atoms with Crippen LogP contribution in [0.5, 0.6) is 11.5 Å². The lowest BCUT2D eigenvalue weighted by Crippen LogP contribution is -2.56. The molecule has 0 saturated carbocycles. The summed E-state index contributed by atoms with van der Waals surface area (Å²) in [6.45, 7) is 6.70. The van der Waals surface area contributed by atoms with Crippen LogP contribution in [0.25, 0.3) is 0 Å². The van der Waals surface area contributed by atoms with Crippen molar-refractivity contribution in [2.45, 2.75) is 62.5 Å². The summed E-state index contributed by atoms with van der Waals surface area (Å²) >= 11 is 0. The van der Waals surface area contributed by atoms with Gasteiger partial charge in [-0.15, -0.1) is 0 Å². The zero-order valence-electron chi connectivity index (χ0n) is 26.6. The number of carbonyl (C=O) groups is 3. The predicted molar refractivity (Wildman–Crippen MR) is 170 cm³/mol. The van der Waals surface area contributed by atoms with E-state index >= 15 is 0 Å². The normalized spacial score (nSPS) is 22.9. The summed E-state index contributed by atoms with van der Waals surface area (Å²) in [7, 11) is 1.54. The number of likely N-dealkylation sites (N-methyl/N-ethyl adjacent to an activating group) is 1. The van der Waals surface area contributed by atoms with Crippen molar-refractivity contribution in [3.63, 3.8) is 0 Å². The van der Waals surface area contributed by atoms with Gasteiger partial charge in [0, 0.05) is 94.6 Å². The molecule has 2 spiro atoms. The van der Waals surface area contributed by atoms with Gasteiger partial charge in [-0.05, 0) is 30.7 Å². The van der Waals surface area contributed by atoms with E-state index in [-0.39, 0.29) is 31.2 Å². The molecule has 1 atom stereocenters. The van der Waals surface area contributed by atoms with Crippen LogP contribution in [0, 0.1) is 5.92 Å². The van der Waals surface area contributed by atoms with E-state index in [0.717, 1.165) is 83.5 Å². The molecule has 0 radical (unpaired) electrons. The number of likely N-dealkylation sites (tertiary alicyclic amines) is 1. The van der Waals surface area contributed by atoms with E-state index in [1.165, 1.54) is 17.6 Å². The second kappa shape index (κ2) is 12.8. The number of anilines is 1. The third-order valence-electron chi connectivity index (χ3n) is 10.4. The second-order valence-corrected chi connectivity index (χ2v) is 13.3. The summed E-state index contributed by atoms with van der Waals surface area (Å²) in [5.41, 5.74) is 2.11. The summed E-state index contributed by atoms with van der Waals surface area (Å²) in [6, 6.07) is 13.4. The maximum absolute atomic E-state index is 13.3. The van der Waals surface area contributed by atoms with Gasteiger partial charge in [0.15, 0.2) is 17.3 Å². The van der Waals surface area contributed by atoms with Crippen LogP contribution in [-0.4, -0.2) is 105 Å². The van der Waals surface area contributed by atoms with Crippen molar-refractivity contribution < 1.29 is 33.3 Å². The third kappa shape index (κ3) is 5.96. The number of aldehydes is 1. The Kier molecular flexibility index (Phi) is 8.65. The number of ether oxygens (including phenoxy) is 4. The molecule has 0 bridgehead atoms. The minimum atomic E-state index is -0.718. The Hall–Kier alpha value is -3.67. The van der Waals surface area contributed by atoms with Gasteiger partial charge in [-0.25, -0.2) is 0 Å². The molecule has 2 aromatic carbocycles. The van der Waals surface area contributed by atoms with Gasteiger partial charge in [0.1, 0.15) is 24.5 Å². The maximum atomic E-state index is 13.3. The van der Waals surface area contributed by atoms with Crippen LogP contribution in [0.4, 0.5) is 5.69 Å². The smallest absolute Gasteiger partial charge is 0.255 e. The fourth-order valence-electron chi connectivity index (χ4n) is 7.66.